The van der Waals surface area contributed by atoms with E-state index in [0.717, 1.165) is 11.4 Å². The molecule has 1 rings (SSSR count). The molecular weight excluding hydrogens is 254 g/mol. The molecule has 0 aliphatic rings. The largest absolute Gasteiger partial charge is 0.373 e. The van der Waals surface area contributed by atoms with E-state index in [4.69, 9.17) is 0 Å². The van der Waals surface area contributed by atoms with E-state index in [2.05, 4.69) is 39.8 Å². The molecule has 112 valence electrons. The molecule has 0 radical (unpaired) electrons. The molecule has 1 unspecified atom stereocenters. The van der Waals surface area contributed by atoms with Crippen LogP contribution < -0.4 is 16.0 Å². The molecule has 1 heterocycles. The number of hydrogen-bond acceptors (Lipinski definition) is 5. The first-order valence-corrected chi connectivity index (χ1v) is 6.92. The van der Waals surface area contributed by atoms with Crippen LogP contribution in [0.3, 0.4) is 0 Å². The van der Waals surface area contributed by atoms with Gasteiger partial charge in [-0.1, -0.05) is 13.8 Å². The Hall–Kier alpha value is -1.85. The zero-order chi connectivity index (χ0) is 15.3. The Bertz CT molecular complexity index is 473. The van der Waals surface area contributed by atoms with Crippen molar-refractivity contribution in [2.75, 3.05) is 24.2 Å². The summed E-state index contributed by atoms with van der Waals surface area (Å²) in [5, 5.41) is 9.08. The summed E-state index contributed by atoms with van der Waals surface area (Å²) in [4.78, 5) is 20.6. The molecule has 20 heavy (non-hydrogen) atoms. The fraction of sp³-hybridized carbons (Fsp3) is 0.643. The molecule has 1 aromatic heterocycles. The predicted octanol–water partition coefficient (Wildman–Crippen LogP) is 1.71. The van der Waals surface area contributed by atoms with Crippen LogP contribution in [0.5, 0.6) is 0 Å². The Morgan fingerprint density at radius 3 is 2.30 bits per heavy atom. The van der Waals surface area contributed by atoms with Gasteiger partial charge in [0.15, 0.2) is 0 Å². The zero-order valence-electron chi connectivity index (χ0n) is 13.2. The molecule has 0 saturated heterocycles. The molecule has 0 saturated carbocycles. The number of aromatic nitrogens is 2. The first-order chi connectivity index (χ1) is 9.35. The molecule has 3 N–H and O–H groups in total. The molecule has 0 bridgehead atoms. The lowest BCUT2D eigenvalue weighted by Crippen LogP contribution is -2.39. The van der Waals surface area contributed by atoms with E-state index < -0.39 is 0 Å². The Morgan fingerprint density at radius 1 is 1.15 bits per heavy atom. The molecule has 1 amide bonds. The predicted molar refractivity (Wildman–Crippen MR) is 82.0 cm³/mol. The van der Waals surface area contributed by atoms with Crippen LogP contribution in [-0.2, 0) is 4.79 Å². The highest BCUT2D eigenvalue weighted by molar-refractivity contribution is 5.84. The SMILES string of the molecule is CNc1nc(C)nc(NC(C)C(=O)NCC(C)C)c1C. The Balaban J connectivity index is 2.77. The van der Waals surface area contributed by atoms with Gasteiger partial charge in [0.1, 0.15) is 23.5 Å². The monoisotopic (exact) mass is 279 g/mol. The summed E-state index contributed by atoms with van der Waals surface area (Å²) in [6.45, 7) is 10.4. The fourth-order valence-corrected chi connectivity index (χ4v) is 1.74. The van der Waals surface area contributed by atoms with Gasteiger partial charge in [-0.3, -0.25) is 4.79 Å². The van der Waals surface area contributed by atoms with Crippen LogP contribution in [0.2, 0.25) is 0 Å². The average molecular weight is 279 g/mol. The van der Waals surface area contributed by atoms with Crippen LogP contribution in [0, 0.1) is 19.8 Å². The van der Waals surface area contributed by atoms with Crippen LogP contribution in [0.25, 0.3) is 0 Å². The van der Waals surface area contributed by atoms with Gasteiger partial charge >= 0.3 is 0 Å². The van der Waals surface area contributed by atoms with E-state index in [-0.39, 0.29) is 11.9 Å². The summed E-state index contributed by atoms with van der Waals surface area (Å²) in [6.07, 6.45) is 0. The minimum Gasteiger partial charge on any atom is -0.373 e. The number of carbonyl (C=O) groups is 1. The smallest absolute Gasteiger partial charge is 0.242 e. The van der Waals surface area contributed by atoms with Gasteiger partial charge in [0.05, 0.1) is 0 Å². The zero-order valence-corrected chi connectivity index (χ0v) is 13.2. The number of rotatable bonds is 6. The van der Waals surface area contributed by atoms with E-state index in [1.54, 1.807) is 0 Å². The molecule has 1 atom stereocenters. The summed E-state index contributed by atoms with van der Waals surface area (Å²) < 4.78 is 0. The highest BCUT2D eigenvalue weighted by Crippen LogP contribution is 2.19. The van der Waals surface area contributed by atoms with E-state index in [9.17, 15) is 4.79 Å². The molecule has 0 spiro atoms. The molecule has 0 aromatic carbocycles. The van der Waals surface area contributed by atoms with Crippen molar-refractivity contribution in [1.29, 1.82) is 0 Å². The molecule has 0 aliphatic carbocycles. The first kappa shape index (κ1) is 16.2. The second-order valence-corrected chi connectivity index (χ2v) is 5.35. The van der Waals surface area contributed by atoms with Crippen molar-refractivity contribution in [3.05, 3.63) is 11.4 Å². The van der Waals surface area contributed by atoms with Gasteiger partial charge in [-0.25, -0.2) is 9.97 Å². The average Bonchev–Trinajstić information content (AvgIpc) is 2.39. The normalized spacial score (nSPS) is 12.2. The summed E-state index contributed by atoms with van der Waals surface area (Å²) in [5.74, 6) is 2.53. The van der Waals surface area contributed by atoms with Crippen molar-refractivity contribution in [2.45, 2.75) is 40.7 Å². The second-order valence-electron chi connectivity index (χ2n) is 5.35. The summed E-state index contributed by atoms with van der Waals surface area (Å²) >= 11 is 0. The summed E-state index contributed by atoms with van der Waals surface area (Å²) in [6, 6.07) is -0.341. The van der Waals surface area contributed by atoms with Gasteiger partial charge in [0.2, 0.25) is 5.91 Å². The Morgan fingerprint density at radius 2 is 1.75 bits per heavy atom. The molecule has 6 heteroatoms. The highest BCUT2D eigenvalue weighted by Gasteiger charge is 2.16. The maximum Gasteiger partial charge on any atom is 0.242 e. The van der Waals surface area contributed by atoms with Crippen LogP contribution in [-0.4, -0.2) is 35.5 Å². The minimum atomic E-state index is -0.341. The molecular formula is C14H25N5O. The second kappa shape index (κ2) is 7.07. The summed E-state index contributed by atoms with van der Waals surface area (Å²) in [5.41, 5.74) is 0.904. The van der Waals surface area contributed by atoms with Crippen molar-refractivity contribution < 1.29 is 4.79 Å². The Kier molecular flexibility index (Phi) is 5.73. The maximum absolute atomic E-state index is 12.0. The van der Waals surface area contributed by atoms with Gasteiger partial charge in [-0.05, 0) is 26.7 Å². The van der Waals surface area contributed by atoms with Gasteiger partial charge in [0.25, 0.3) is 0 Å². The number of anilines is 2. The van der Waals surface area contributed by atoms with Crippen molar-refractivity contribution >= 4 is 17.5 Å². The third-order valence-electron chi connectivity index (χ3n) is 2.93. The van der Waals surface area contributed by atoms with Gasteiger partial charge < -0.3 is 16.0 Å². The third-order valence-corrected chi connectivity index (χ3v) is 2.93. The molecule has 0 fully saturated rings. The highest BCUT2D eigenvalue weighted by atomic mass is 16.2. The van der Waals surface area contributed by atoms with Crippen molar-refractivity contribution in [3.8, 4) is 0 Å². The quantitative estimate of drug-likeness (QED) is 0.739. The van der Waals surface area contributed by atoms with Crippen LogP contribution in [0.4, 0.5) is 11.6 Å². The van der Waals surface area contributed by atoms with E-state index in [0.29, 0.717) is 24.1 Å². The van der Waals surface area contributed by atoms with E-state index >= 15 is 0 Å². The van der Waals surface area contributed by atoms with Crippen molar-refractivity contribution in [3.63, 3.8) is 0 Å². The number of aryl methyl sites for hydroxylation is 1. The minimum absolute atomic E-state index is 0.0274. The topological polar surface area (TPSA) is 78.9 Å². The van der Waals surface area contributed by atoms with E-state index in [1.807, 2.05) is 27.8 Å². The number of amides is 1. The van der Waals surface area contributed by atoms with Crippen LogP contribution in [0.15, 0.2) is 0 Å². The van der Waals surface area contributed by atoms with Gasteiger partial charge in [-0.15, -0.1) is 0 Å². The number of nitrogens with zero attached hydrogens (tertiary/aromatic N) is 2. The molecule has 0 aliphatic heterocycles. The molecule has 1 aromatic rings. The standard InChI is InChI=1S/C14H25N5O/c1-8(2)7-16-14(20)10(4)17-13-9(3)12(15-6)18-11(5)19-13/h8,10H,7H2,1-6H3,(H,16,20)(H2,15,17,18,19). The van der Waals surface area contributed by atoms with Gasteiger partial charge in [-0.2, -0.15) is 0 Å². The van der Waals surface area contributed by atoms with Crippen LogP contribution in [0.1, 0.15) is 32.2 Å². The number of nitrogens with one attached hydrogen (secondary N) is 3. The van der Waals surface area contributed by atoms with Gasteiger partial charge in [0, 0.05) is 19.2 Å². The third kappa shape index (κ3) is 4.36. The molecule has 6 nitrogen and oxygen atoms in total. The van der Waals surface area contributed by atoms with Crippen LogP contribution >= 0.6 is 0 Å². The lowest BCUT2D eigenvalue weighted by atomic mass is 10.2. The lowest BCUT2D eigenvalue weighted by Gasteiger charge is -2.18. The Labute approximate surface area is 120 Å². The van der Waals surface area contributed by atoms with Crippen molar-refractivity contribution in [1.82, 2.24) is 15.3 Å². The first-order valence-electron chi connectivity index (χ1n) is 6.92. The van der Waals surface area contributed by atoms with E-state index in [1.165, 1.54) is 0 Å². The fourth-order valence-electron chi connectivity index (χ4n) is 1.74. The number of carbonyl (C=O) groups excluding carboxylic acids is 1. The number of hydrogen-bond donors (Lipinski definition) is 3. The summed E-state index contributed by atoms with van der Waals surface area (Å²) in [7, 11) is 1.82. The maximum atomic E-state index is 12.0. The lowest BCUT2D eigenvalue weighted by molar-refractivity contribution is -0.121. The van der Waals surface area contributed by atoms with Crippen molar-refractivity contribution in [2.24, 2.45) is 5.92 Å².